The van der Waals surface area contributed by atoms with Crippen molar-refractivity contribution in [2.75, 3.05) is 0 Å². The van der Waals surface area contributed by atoms with E-state index in [4.69, 9.17) is 16.1 Å². The molecule has 124 valence electrons. The van der Waals surface area contributed by atoms with Crippen LogP contribution in [0.5, 0.6) is 0 Å². The van der Waals surface area contributed by atoms with E-state index in [1.165, 1.54) is 0 Å². The van der Waals surface area contributed by atoms with E-state index in [1.54, 1.807) is 18.3 Å². The molecule has 0 saturated heterocycles. The first kappa shape index (κ1) is 15.6. The summed E-state index contributed by atoms with van der Waals surface area (Å²) in [6, 6.07) is 14.6. The van der Waals surface area contributed by atoms with E-state index in [0.717, 1.165) is 17.6 Å². The Kier molecular flexibility index (Phi) is 3.86. The van der Waals surface area contributed by atoms with Crippen LogP contribution in [0, 0.1) is 0 Å². The molecule has 0 atom stereocenters. The lowest BCUT2D eigenvalue weighted by Crippen LogP contribution is -2.11. The van der Waals surface area contributed by atoms with Crippen LogP contribution >= 0.6 is 11.6 Å². The fraction of sp³-hybridized carbons (Fsp3) is 0.105. The van der Waals surface area contributed by atoms with E-state index in [1.807, 2.05) is 47.9 Å². The number of aromatic nitrogens is 3. The number of para-hydroxylation sites is 1. The van der Waals surface area contributed by atoms with Gasteiger partial charge in [-0.15, -0.1) is 0 Å². The van der Waals surface area contributed by atoms with Crippen molar-refractivity contribution < 1.29 is 4.52 Å². The maximum atomic E-state index is 12.8. The first-order valence-electron chi connectivity index (χ1n) is 7.89. The molecule has 0 aliphatic heterocycles. The Morgan fingerprint density at radius 2 is 1.88 bits per heavy atom. The second kappa shape index (κ2) is 6.18. The minimum atomic E-state index is -0.119. The van der Waals surface area contributed by atoms with Crippen LogP contribution in [0.4, 0.5) is 0 Å². The third kappa shape index (κ3) is 2.72. The molecule has 2 aromatic heterocycles. The number of pyridine rings is 1. The average Bonchev–Trinajstić information content (AvgIpc) is 3.13. The maximum Gasteiger partial charge on any atom is 0.263 e. The van der Waals surface area contributed by atoms with Crippen molar-refractivity contribution in [3.05, 3.63) is 70.0 Å². The molecule has 2 heterocycles. The highest BCUT2D eigenvalue weighted by Crippen LogP contribution is 2.23. The highest BCUT2D eigenvalue weighted by Gasteiger charge is 2.16. The number of aryl methyl sites for hydroxylation is 1. The minimum absolute atomic E-state index is 0.119. The monoisotopic (exact) mass is 351 g/mol. The number of nitrogens with zero attached hydrogens (tertiary/aromatic N) is 3. The number of halogens is 1. The van der Waals surface area contributed by atoms with Gasteiger partial charge in [-0.1, -0.05) is 28.9 Å². The summed E-state index contributed by atoms with van der Waals surface area (Å²) in [5.41, 5.74) is 1.94. The average molecular weight is 352 g/mol. The summed E-state index contributed by atoms with van der Waals surface area (Å²) in [4.78, 5) is 17.2. The van der Waals surface area contributed by atoms with Crippen LogP contribution in [0.1, 0.15) is 6.92 Å². The maximum absolute atomic E-state index is 12.8. The number of hydrogen-bond acceptors (Lipinski definition) is 4. The predicted molar refractivity (Wildman–Crippen MR) is 97.6 cm³/mol. The molecule has 0 aliphatic rings. The lowest BCUT2D eigenvalue weighted by Gasteiger charge is -2.09. The van der Waals surface area contributed by atoms with Crippen LogP contribution in [0.3, 0.4) is 0 Å². The summed E-state index contributed by atoms with van der Waals surface area (Å²) in [5, 5.41) is 5.26. The van der Waals surface area contributed by atoms with Crippen LogP contribution < -0.4 is 5.43 Å². The first-order chi connectivity index (χ1) is 12.2. The smallest absolute Gasteiger partial charge is 0.263 e. The van der Waals surface area contributed by atoms with Crippen LogP contribution in [0.2, 0.25) is 5.02 Å². The molecule has 0 saturated carbocycles. The molecule has 0 amide bonds. The van der Waals surface area contributed by atoms with Crippen LogP contribution in [0.15, 0.2) is 64.0 Å². The van der Waals surface area contributed by atoms with Crippen molar-refractivity contribution in [2.24, 2.45) is 0 Å². The van der Waals surface area contributed by atoms with Gasteiger partial charge in [-0.05, 0) is 43.3 Å². The van der Waals surface area contributed by atoms with Gasteiger partial charge in [-0.3, -0.25) is 4.79 Å². The van der Waals surface area contributed by atoms with Gasteiger partial charge >= 0.3 is 0 Å². The molecule has 0 fully saturated rings. The fourth-order valence-electron chi connectivity index (χ4n) is 2.81. The molecule has 0 spiro atoms. The Hall–Kier alpha value is -2.92. The van der Waals surface area contributed by atoms with Crippen molar-refractivity contribution in [2.45, 2.75) is 13.5 Å². The second-order valence-corrected chi connectivity index (χ2v) is 6.04. The van der Waals surface area contributed by atoms with E-state index in [-0.39, 0.29) is 11.3 Å². The Balaban J connectivity index is 1.87. The number of fused-ring (bicyclic) bond motifs is 1. The molecule has 0 unspecified atom stereocenters. The van der Waals surface area contributed by atoms with Gasteiger partial charge in [0, 0.05) is 28.7 Å². The fourth-order valence-corrected chi connectivity index (χ4v) is 2.93. The molecule has 5 nitrogen and oxygen atoms in total. The molecule has 25 heavy (non-hydrogen) atoms. The summed E-state index contributed by atoms with van der Waals surface area (Å²) in [5.74, 6) is 0.630. The lowest BCUT2D eigenvalue weighted by molar-refractivity contribution is 0.431. The normalized spacial score (nSPS) is 11.1. The predicted octanol–water partition coefficient (Wildman–Crippen LogP) is 4.39. The molecular formula is C19H14ClN3O2. The minimum Gasteiger partial charge on any atom is -0.347 e. The Morgan fingerprint density at radius 3 is 2.64 bits per heavy atom. The van der Waals surface area contributed by atoms with Crippen LogP contribution in [-0.2, 0) is 6.54 Å². The van der Waals surface area contributed by atoms with Gasteiger partial charge in [-0.25, -0.2) is 0 Å². The van der Waals surface area contributed by atoms with Gasteiger partial charge in [0.25, 0.3) is 5.89 Å². The molecule has 0 aliphatic carbocycles. The topological polar surface area (TPSA) is 60.9 Å². The molecule has 0 radical (unpaired) electrons. The molecule has 2 aromatic carbocycles. The van der Waals surface area contributed by atoms with Gasteiger partial charge < -0.3 is 9.09 Å². The summed E-state index contributed by atoms with van der Waals surface area (Å²) >= 11 is 5.90. The van der Waals surface area contributed by atoms with E-state index < -0.39 is 0 Å². The molecule has 0 N–H and O–H groups in total. The Bertz CT molecular complexity index is 1110. The third-order valence-corrected chi connectivity index (χ3v) is 4.34. The lowest BCUT2D eigenvalue weighted by atomic mass is 10.1. The molecule has 6 heteroatoms. The first-order valence-corrected chi connectivity index (χ1v) is 8.27. The summed E-state index contributed by atoms with van der Waals surface area (Å²) < 4.78 is 7.36. The van der Waals surface area contributed by atoms with Crippen molar-refractivity contribution in [1.29, 1.82) is 0 Å². The van der Waals surface area contributed by atoms with Gasteiger partial charge in [-0.2, -0.15) is 4.98 Å². The van der Waals surface area contributed by atoms with E-state index in [9.17, 15) is 4.79 Å². The number of benzene rings is 2. The third-order valence-electron chi connectivity index (χ3n) is 4.09. The van der Waals surface area contributed by atoms with Gasteiger partial charge in [0.1, 0.15) is 5.56 Å². The number of hydrogen-bond donors (Lipinski definition) is 0. The van der Waals surface area contributed by atoms with Crippen molar-refractivity contribution in [1.82, 2.24) is 14.7 Å². The van der Waals surface area contributed by atoms with Gasteiger partial charge in [0.15, 0.2) is 0 Å². The molecule has 0 bridgehead atoms. The highest BCUT2D eigenvalue weighted by molar-refractivity contribution is 6.30. The van der Waals surface area contributed by atoms with Gasteiger partial charge in [0.2, 0.25) is 11.3 Å². The molecule has 4 aromatic rings. The molecular weight excluding hydrogens is 338 g/mol. The molecule has 4 rings (SSSR count). The SMILES string of the molecule is CCn1cc(-c2nc(-c3ccc(Cl)cc3)no2)c(=O)c2ccccc21. The van der Waals surface area contributed by atoms with Crippen molar-refractivity contribution in [3.63, 3.8) is 0 Å². The Morgan fingerprint density at radius 1 is 1.12 bits per heavy atom. The summed E-state index contributed by atoms with van der Waals surface area (Å²) in [7, 11) is 0. The second-order valence-electron chi connectivity index (χ2n) is 5.61. The largest absolute Gasteiger partial charge is 0.347 e. The standard InChI is InChI=1S/C19H14ClN3O2/c1-2-23-11-15(17(24)14-5-3-4-6-16(14)23)19-21-18(22-25-19)12-7-9-13(20)10-8-12/h3-11H,2H2,1H3. The van der Waals surface area contributed by atoms with Crippen molar-refractivity contribution >= 4 is 22.5 Å². The quantitative estimate of drug-likeness (QED) is 0.549. The van der Waals surface area contributed by atoms with Crippen LogP contribution in [0.25, 0.3) is 33.7 Å². The van der Waals surface area contributed by atoms with E-state index in [2.05, 4.69) is 10.1 Å². The zero-order valence-electron chi connectivity index (χ0n) is 13.4. The zero-order valence-corrected chi connectivity index (χ0v) is 14.2. The highest BCUT2D eigenvalue weighted by atomic mass is 35.5. The summed E-state index contributed by atoms with van der Waals surface area (Å²) in [6.07, 6.45) is 1.77. The van der Waals surface area contributed by atoms with Crippen LogP contribution in [-0.4, -0.2) is 14.7 Å². The van der Waals surface area contributed by atoms with Crippen molar-refractivity contribution in [3.8, 4) is 22.8 Å². The number of rotatable bonds is 3. The summed E-state index contributed by atoms with van der Waals surface area (Å²) in [6.45, 7) is 2.75. The van der Waals surface area contributed by atoms with Gasteiger partial charge in [0.05, 0.1) is 5.52 Å². The van der Waals surface area contributed by atoms with E-state index in [0.29, 0.717) is 21.8 Å². The zero-order chi connectivity index (χ0) is 17.4. The Labute approximate surface area is 148 Å². The van der Waals surface area contributed by atoms with E-state index >= 15 is 0 Å².